The monoisotopic (exact) mass is 337 g/mol. The maximum atomic E-state index is 6.39. The van der Waals surface area contributed by atoms with Crippen LogP contribution in [0.2, 0.25) is 10.0 Å². The van der Waals surface area contributed by atoms with Gasteiger partial charge in [-0.05, 0) is 50.3 Å². The zero-order valence-electron chi connectivity index (χ0n) is 12.8. The van der Waals surface area contributed by atoms with Crippen molar-refractivity contribution in [3.05, 3.63) is 39.5 Å². The molecule has 1 aromatic carbocycles. The third kappa shape index (κ3) is 3.11. The topological polar surface area (TPSA) is 29.9 Å². The van der Waals surface area contributed by atoms with E-state index in [1.807, 2.05) is 16.8 Å². The number of aryl methyl sites for hydroxylation is 1. The number of halogens is 2. The number of hydrogen-bond acceptors (Lipinski definition) is 2. The molecule has 22 heavy (non-hydrogen) atoms. The van der Waals surface area contributed by atoms with Crippen molar-refractivity contribution < 1.29 is 0 Å². The number of anilines is 1. The van der Waals surface area contributed by atoms with Crippen LogP contribution in [0.4, 0.5) is 5.82 Å². The van der Waals surface area contributed by atoms with E-state index >= 15 is 0 Å². The van der Waals surface area contributed by atoms with Gasteiger partial charge in [0, 0.05) is 17.1 Å². The second kappa shape index (κ2) is 6.93. The molecule has 1 aliphatic rings. The summed E-state index contributed by atoms with van der Waals surface area (Å²) in [5.74, 6) is 1.10. The Hall–Kier alpha value is -1.19. The smallest absolute Gasteiger partial charge is 0.133 e. The lowest BCUT2D eigenvalue weighted by Gasteiger charge is -2.11. The zero-order valence-corrected chi connectivity index (χ0v) is 14.3. The molecule has 1 aliphatic heterocycles. The van der Waals surface area contributed by atoms with E-state index in [1.54, 1.807) is 6.07 Å². The molecule has 0 saturated heterocycles. The number of hydrogen-bond donors (Lipinski definition) is 1. The minimum atomic E-state index is 0.630. The average Bonchev–Trinajstić information content (AvgIpc) is 2.68. The van der Waals surface area contributed by atoms with E-state index in [0.29, 0.717) is 10.0 Å². The summed E-state index contributed by atoms with van der Waals surface area (Å²) in [6, 6.07) is 5.57. The number of nitrogens with zero attached hydrogens (tertiary/aromatic N) is 2. The SMILES string of the molecule is CCCCc1nn(-c2ccc(Cl)cc2Cl)c2c1CCCCN2. The van der Waals surface area contributed by atoms with E-state index in [9.17, 15) is 0 Å². The molecule has 2 aromatic rings. The lowest BCUT2D eigenvalue weighted by Crippen LogP contribution is -2.07. The predicted octanol–water partition coefficient (Wildman–Crippen LogP) is 5.27. The molecule has 0 fully saturated rings. The first-order chi connectivity index (χ1) is 10.7. The molecule has 0 saturated carbocycles. The van der Waals surface area contributed by atoms with Gasteiger partial charge in [0.15, 0.2) is 0 Å². The third-order valence-corrected chi connectivity index (χ3v) is 4.66. The van der Waals surface area contributed by atoms with Gasteiger partial charge in [0.1, 0.15) is 5.82 Å². The normalized spacial score (nSPS) is 14.3. The van der Waals surface area contributed by atoms with Crippen LogP contribution in [-0.2, 0) is 12.8 Å². The van der Waals surface area contributed by atoms with E-state index in [4.69, 9.17) is 28.3 Å². The minimum absolute atomic E-state index is 0.630. The van der Waals surface area contributed by atoms with Gasteiger partial charge in [0.25, 0.3) is 0 Å². The Balaban J connectivity index is 2.08. The fourth-order valence-corrected chi connectivity index (χ4v) is 3.43. The quantitative estimate of drug-likeness (QED) is 0.823. The Labute approximate surface area is 141 Å². The maximum absolute atomic E-state index is 6.39. The highest BCUT2D eigenvalue weighted by molar-refractivity contribution is 6.35. The number of benzene rings is 1. The van der Waals surface area contributed by atoms with Crippen LogP contribution in [0, 0.1) is 0 Å². The van der Waals surface area contributed by atoms with Crippen LogP contribution in [0.1, 0.15) is 43.9 Å². The van der Waals surface area contributed by atoms with Gasteiger partial charge in [0.2, 0.25) is 0 Å². The summed E-state index contributed by atoms with van der Waals surface area (Å²) in [7, 11) is 0. The molecular formula is C17H21Cl2N3. The first kappa shape index (κ1) is 15.7. The van der Waals surface area contributed by atoms with Crippen molar-refractivity contribution >= 4 is 29.0 Å². The van der Waals surface area contributed by atoms with Gasteiger partial charge >= 0.3 is 0 Å². The van der Waals surface area contributed by atoms with E-state index < -0.39 is 0 Å². The van der Waals surface area contributed by atoms with Gasteiger partial charge in [-0.15, -0.1) is 0 Å². The number of unbranched alkanes of at least 4 members (excludes halogenated alkanes) is 1. The Bertz CT molecular complexity index is 664. The Morgan fingerprint density at radius 1 is 1.27 bits per heavy atom. The van der Waals surface area contributed by atoms with Crippen LogP contribution in [0.3, 0.4) is 0 Å². The van der Waals surface area contributed by atoms with Crippen LogP contribution in [0.25, 0.3) is 5.69 Å². The molecule has 0 aliphatic carbocycles. The summed E-state index contributed by atoms with van der Waals surface area (Å²) >= 11 is 12.4. The van der Waals surface area contributed by atoms with Crippen molar-refractivity contribution in [1.82, 2.24) is 9.78 Å². The van der Waals surface area contributed by atoms with Gasteiger partial charge in [-0.1, -0.05) is 36.5 Å². The van der Waals surface area contributed by atoms with E-state index in [1.165, 1.54) is 30.5 Å². The van der Waals surface area contributed by atoms with E-state index in [0.717, 1.165) is 37.3 Å². The van der Waals surface area contributed by atoms with Crippen LogP contribution in [-0.4, -0.2) is 16.3 Å². The summed E-state index contributed by atoms with van der Waals surface area (Å²) < 4.78 is 1.96. The molecule has 118 valence electrons. The van der Waals surface area contributed by atoms with Crippen LogP contribution >= 0.6 is 23.2 Å². The maximum Gasteiger partial charge on any atom is 0.133 e. The molecule has 5 heteroatoms. The van der Waals surface area contributed by atoms with Gasteiger partial charge in [0.05, 0.1) is 16.4 Å². The molecule has 1 aromatic heterocycles. The molecule has 0 spiro atoms. The highest BCUT2D eigenvalue weighted by Gasteiger charge is 2.21. The van der Waals surface area contributed by atoms with Crippen LogP contribution < -0.4 is 5.32 Å². The van der Waals surface area contributed by atoms with Crippen molar-refractivity contribution in [3.8, 4) is 5.69 Å². The molecule has 0 radical (unpaired) electrons. The lowest BCUT2D eigenvalue weighted by molar-refractivity contribution is 0.728. The fourth-order valence-electron chi connectivity index (χ4n) is 2.95. The van der Waals surface area contributed by atoms with Gasteiger partial charge < -0.3 is 5.32 Å². The standard InChI is InChI=1S/C17H21Cl2N3/c1-2-3-7-15-13-6-4-5-10-20-17(13)22(21-15)16-9-8-12(18)11-14(16)19/h8-9,11,20H,2-7,10H2,1H3. The lowest BCUT2D eigenvalue weighted by atomic mass is 10.1. The summed E-state index contributed by atoms with van der Waals surface area (Å²) in [5, 5.41) is 9.67. The molecule has 0 bridgehead atoms. The number of nitrogens with one attached hydrogen (secondary N) is 1. The molecule has 2 heterocycles. The summed E-state index contributed by atoms with van der Waals surface area (Å²) in [4.78, 5) is 0. The van der Waals surface area contributed by atoms with Crippen LogP contribution in [0.15, 0.2) is 18.2 Å². The van der Waals surface area contributed by atoms with Gasteiger partial charge in [-0.25, -0.2) is 4.68 Å². The van der Waals surface area contributed by atoms with Crippen molar-refractivity contribution in [3.63, 3.8) is 0 Å². The van der Waals surface area contributed by atoms with Crippen LogP contribution in [0.5, 0.6) is 0 Å². The molecule has 1 N–H and O–H groups in total. The zero-order chi connectivity index (χ0) is 15.5. The summed E-state index contributed by atoms with van der Waals surface area (Å²) in [6.45, 7) is 3.20. The number of rotatable bonds is 4. The fraction of sp³-hybridized carbons (Fsp3) is 0.471. The van der Waals surface area contributed by atoms with Gasteiger partial charge in [-0.2, -0.15) is 5.10 Å². The Morgan fingerprint density at radius 2 is 2.14 bits per heavy atom. The number of aromatic nitrogens is 2. The summed E-state index contributed by atoms with van der Waals surface area (Å²) in [6.07, 6.45) is 6.86. The average molecular weight is 338 g/mol. The molecule has 0 amide bonds. The number of fused-ring (bicyclic) bond motifs is 1. The van der Waals surface area contributed by atoms with E-state index in [2.05, 4.69) is 12.2 Å². The first-order valence-electron chi connectivity index (χ1n) is 8.00. The highest BCUT2D eigenvalue weighted by atomic mass is 35.5. The van der Waals surface area contributed by atoms with Crippen molar-refractivity contribution in [2.75, 3.05) is 11.9 Å². The predicted molar refractivity (Wildman–Crippen MR) is 93.6 cm³/mol. The first-order valence-corrected chi connectivity index (χ1v) is 8.76. The molecule has 3 nitrogen and oxygen atoms in total. The Kier molecular flexibility index (Phi) is 4.94. The highest BCUT2D eigenvalue weighted by Crippen LogP contribution is 2.32. The summed E-state index contributed by atoms with van der Waals surface area (Å²) in [5.41, 5.74) is 3.45. The van der Waals surface area contributed by atoms with E-state index in [-0.39, 0.29) is 0 Å². The minimum Gasteiger partial charge on any atom is -0.370 e. The van der Waals surface area contributed by atoms with Gasteiger partial charge in [-0.3, -0.25) is 0 Å². The Morgan fingerprint density at radius 3 is 2.91 bits per heavy atom. The largest absolute Gasteiger partial charge is 0.370 e. The molecule has 0 atom stereocenters. The second-order valence-corrected chi connectivity index (χ2v) is 6.61. The third-order valence-electron chi connectivity index (χ3n) is 4.12. The molecule has 3 rings (SSSR count). The second-order valence-electron chi connectivity index (χ2n) is 5.77. The molecular weight excluding hydrogens is 317 g/mol. The van der Waals surface area contributed by atoms with Crippen molar-refractivity contribution in [2.45, 2.75) is 45.4 Å². The van der Waals surface area contributed by atoms with Crippen molar-refractivity contribution in [2.24, 2.45) is 0 Å². The van der Waals surface area contributed by atoms with Crippen molar-refractivity contribution in [1.29, 1.82) is 0 Å². The molecule has 0 unspecified atom stereocenters.